The Labute approximate surface area is 172 Å². The predicted molar refractivity (Wildman–Crippen MR) is 111 cm³/mol. The summed E-state index contributed by atoms with van der Waals surface area (Å²) in [7, 11) is 0. The zero-order chi connectivity index (χ0) is 20.5. The Bertz CT molecular complexity index is 1180. The fourth-order valence-corrected chi connectivity index (χ4v) is 3.45. The van der Waals surface area contributed by atoms with E-state index in [9.17, 15) is 0 Å². The van der Waals surface area contributed by atoms with E-state index in [-0.39, 0.29) is 12.1 Å². The lowest BCUT2D eigenvalue weighted by molar-refractivity contribution is 0.0318. The van der Waals surface area contributed by atoms with Crippen LogP contribution >= 0.6 is 0 Å². The van der Waals surface area contributed by atoms with E-state index in [1.165, 1.54) is 0 Å². The molecule has 3 aromatic heterocycles. The monoisotopic (exact) mass is 406 g/mol. The van der Waals surface area contributed by atoms with E-state index in [1.54, 1.807) is 10.7 Å². The van der Waals surface area contributed by atoms with Crippen molar-refractivity contribution in [2.45, 2.75) is 26.1 Å². The highest BCUT2D eigenvalue weighted by molar-refractivity contribution is 5.75. The second kappa shape index (κ2) is 7.77. The van der Waals surface area contributed by atoms with Gasteiger partial charge in [-0.05, 0) is 43.2 Å². The first kappa shape index (κ1) is 18.6. The summed E-state index contributed by atoms with van der Waals surface area (Å²) >= 11 is 0. The third kappa shape index (κ3) is 3.72. The van der Waals surface area contributed by atoms with Gasteiger partial charge < -0.3 is 24.9 Å². The molecule has 0 bridgehead atoms. The van der Waals surface area contributed by atoms with Crippen molar-refractivity contribution in [1.29, 1.82) is 0 Å². The molecule has 0 spiro atoms. The van der Waals surface area contributed by atoms with Crippen molar-refractivity contribution in [3.05, 3.63) is 53.9 Å². The van der Waals surface area contributed by atoms with Gasteiger partial charge in [-0.25, -0.2) is 0 Å². The van der Waals surface area contributed by atoms with Crippen LogP contribution in [0.1, 0.15) is 17.7 Å². The van der Waals surface area contributed by atoms with Gasteiger partial charge in [-0.3, -0.25) is 0 Å². The first-order chi connectivity index (χ1) is 14.7. The van der Waals surface area contributed by atoms with Gasteiger partial charge >= 0.3 is 0 Å². The van der Waals surface area contributed by atoms with Crippen LogP contribution in [0, 0.1) is 6.92 Å². The maximum atomic E-state index is 5.95. The van der Waals surface area contributed by atoms with Gasteiger partial charge in [0.05, 0.1) is 25.5 Å². The normalized spacial score (nSPS) is 16.4. The maximum absolute atomic E-state index is 5.95. The van der Waals surface area contributed by atoms with Gasteiger partial charge in [0.2, 0.25) is 11.8 Å². The molecule has 1 aromatic carbocycles. The van der Waals surface area contributed by atoms with Crippen molar-refractivity contribution in [2.24, 2.45) is 0 Å². The Morgan fingerprint density at radius 2 is 2.20 bits per heavy atom. The molecule has 1 saturated heterocycles. The molecule has 1 aliphatic rings. The molecular weight excluding hydrogens is 384 g/mol. The molecule has 3 N–H and O–H groups in total. The van der Waals surface area contributed by atoms with Crippen molar-refractivity contribution in [2.75, 3.05) is 24.3 Å². The van der Waals surface area contributed by atoms with E-state index in [4.69, 9.17) is 19.6 Å². The molecule has 9 heteroatoms. The number of nitrogens with two attached hydrogens (primary N) is 1. The van der Waals surface area contributed by atoms with Crippen molar-refractivity contribution < 1.29 is 13.9 Å². The highest BCUT2D eigenvalue weighted by atomic mass is 16.5. The average molecular weight is 406 g/mol. The number of ether oxygens (including phenoxy) is 2. The summed E-state index contributed by atoms with van der Waals surface area (Å²) in [5.41, 5.74) is 9.22. The second-order valence-electron chi connectivity index (χ2n) is 7.23. The van der Waals surface area contributed by atoms with Gasteiger partial charge in [0.15, 0.2) is 11.4 Å². The molecule has 0 saturated carbocycles. The van der Waals surface area contributed by atoms with Crippen LogP contribution in [0.25, 0.3) is 17.2 Å². The van der Waals surface area contributed by atoms with Crippen LogP contribution < -0.4 is 11.1 Å². The summed E-state index contributed by atoms with van der Waals surface area (Å²) in [5, 5.41) is 7.79. The number of rotatable bonds is 6. The summed E-state index contributed by atoms with van der Waals surface area (Å²) in [5.74, 6) is 2.01. The summed E-state index contributed by atoms with van der Waals surface area (Å²) < 4.78 is 18.6. The van der Waals surface area contributed by atoms with Gasteiger partial charge in [-0.1, -0.05) is 12.1 Å². The van der Waals surface area contributed by atoms with E-state index >= 15 is 0 Å². The van der Waals surface area contributed by atoms with E-state index in [0.717, 1.165) is 35.7 Å². The van der Waals surface area contributed by atoms with Gasteiger partial charge in [0.1, 0.15) is 11.4 Å². The summed E-state index contributed by atoms with van der Waals surface area (Å²) in [6, 6.07) is 11.7. The number of aryl methyl sites for hydroxylation is 1. The molecule has 5 rings (SSSR count). The van der Waals surface area contributed by atoms with Crippen LogP contribution in [-0.2, 0) is 16.1 Å². The Morgan fingerprint density at radius 1 is 1.27 bits per heavy atom. The van der Waals surface area contributed by atoms with Gasteiger partial charge in [-0.15, -0.1) is 0 Å². The number of nitrogens with one attached hydrogen (secondary N) is 1. The molecule has 4 heterocycles. The van der Waals surface area contributed by atoms with Crippen molar-refractivity contribution >= 4 is 23.0 Å². The minimum atomic E-state index is 0.149. The Kier molecular flexibility index (Phi) is 4.82. The quantitative estimate of drug-likeness (QED) is 0.501. The minimum Gasteiger partial charge on any atom is -0.458 e. The average Bonchev–Trinajstić information content (AvgIpc) is 3.48. The highest BCUT2D eigenvalue weighted by Gasteiger charge is 2.17. The number of benzene rings is 1. The van der Waals surface area contributed by atoms with Crippen LogP contribution in [0.4, 0.5) is 17.3 Å². The minimum absolute atomic E-state index is 0.149. The lowest BCUT2D eigenvalue weighted by atomic mass is 10.2. The van der Waals surface area contributed by atoms with Gasteiger partial charge in [0, 0.05) is 12.3 Å². The molecule has 4 aromatic rings. The SMILES string of the molecule is Cc1ccc(-c2nc(N)nc3c(Nc4cccc(CO[C@H]5CCOC5)c4)cnn23)o1. The smallest absolute Gasteiger partial charge is 0.224 e. The van der Waals surface area contributed by atoms with Gasteiger partial charge in [0.25, 0.3) is 0 Å². The van der Waals surface area contributed by atoms with Crippen LogP contribution in [0.3, 0.4) is 0 Å². The zero-order valence-corrected chi connectivity index (χ0v) is 16.5. The number of hydrogen-bond donors (Lipinski definition) is 2. The molecule has 1 fully saturated rings. The third-order valence-electron chi connectivity index (χ3n) is 4.93. The number of aromatic nitrogens is 4. The summed E-state index contributed by atoms with van der Waals surface area (Å²) in [6.07, 6.45) is 2.81. The molecule has 0 amide bonds. The van der Waals surface area contributed by atoms with E-state index in [2.05, 4.69) is 20.4 Å². The summed E-state index contributed by atoms with van der Waals surface area (Å²) in [6.45, 7) is 3.84. The topological polar surface area (TPSA) is 113 Å². The van der Waals surface area contributed by atoms with Crippen LogP contribution in [0.5, 0.6) is 0 Å². The van der Waals surface area contributed by atoms with Crippen LogP contribution in [0.2, 0.25) is 0 Å². The van der Waals surface area contributed by atoms with Crippen molar-refractivity contribution in [1.82, 2.24) is 19.6 Å². The molecule has 9 nitrogen and oxygen atoms in total. The lowest BCUT2D eigenvalue weighted by Gasteiger charge is -2.11. The van der Waals surface area contributed by atoms with Gasteiger partial charge in [-0.2, -0.15) is 19.6 Å². The second-order valence-corrected chi connectivity index (χ2v) is 7.23. The molecule has 0 aliphatic carbocycles. The number of fused-ring (bicyclic) bond motifs is 1. The van der Waals surface area contributed by atoms with Crippen LogP contribution in [-0.4, -0.2) is 38.9 Å². The molecule has 0 unspecified atom stereocenters. The standard InChI is InChI=1S/C21H22N6O3/c1-13-5-6-18(30-13)20-26-21(22)25-19-17(10-23-27(19)20)24-15-4-2-3-14(9-15)11-29-16-7-8-28-12-16/h2-6,9-10,16,24H,7-8,11-12H2,1H3,(H2,22,25)/t16-/m0/s1. The predicted octanol–water partition coefficient (Wildman–Crippen LogP) is 3.32. The van der Waals surface area contributed by atoms with E-state index in [0.29, 0.717) is 30.4 Å². The maximum Gasteiger partial charge on any atom is 0.224 e. The molecule has 30 heavy (non-hydrogen) atoms. The fraction of sp³-hybridized carbons (Fsp3) is 0.286. The number of nitrogens with zero attached hydrogens (tertiary/aromatic N) is 4. The molecule has 1 aliphatic heterocycles. The molecule has 154 valence electrons. The van der Waals surface area contributed by atoms with E-state index < -0.39 is 0 Å². The Morgan fingerprint density at radius 3 is 3.00 bits per heavy atom. The summed E-state index contributed by atoms with van der Waals surface area (Å²) in [4.78, 5) is 8.66. The zero-order valence-electron chi connectivity index (χ0n) is 16.5. The molecule has 0 radical (unpaired) electrons. The Hall–Kier alpha value is -3.43. The fourth-order valence-electron chi connectivity index (χ4n) is 3.45. The molecule has 1 atom stereocenters. The first-order valence-corrected chi connectivity index (χ1v) is 9.79. The van der Waals surface area contributed by atoms with Crippen LogP contribution in [0.15, 0.2) is 47.0 Å². The van der Waals surface area contributed by atoms with Crippen molar-refractivity contribution in [3.63, 3.8) is 0 Å². The number of furan rings is 1. The first-order valence-electron chi connectivity index (χ1n) is 9.79. The molecular formula is C21H22N6O3. The number of anilines is 3. The Balaban J connectivity index is 1.40. The number of hydrogen-bond acceptors (Lipinski definition) is 8. The van der Waals surface area contributed by atoms with Crippen molar-refractivity contribution in [3.8, 4) is 11.6 Å². The third-order valence-corrected chi connectivity index (χ3v) is 4.93. The largest absolute Gasteiger partial charge is 0.458 e. The highest BCUT2D eigenvalue weighted by Crippen LogP contribution is 2.27. The van der Waals surface area contributed by atoms with E-state index in [1.807, 2.05) is 43.3 Å². The number of nitrogen functional groups attached to an aromatic ring is 1. The lowest BCUT2D eigenvalue weighted by Crippen LogP contribution is -2.11.